The van der Waals surface area contributed by atoms with Crippen LogP contribution in [0.1, 0.15) is 13.8 Å². The predicted octanol–water partition coefficient (Wildman–Crippen LogP) is 3.73. The Hall–Kier alpha value is -3.09. The van der Waals surface area contributed by atoms with Crippen LogP contribution in [0.5, 0.6) is 0 Å². The third kappa shape index (κ3) is 3.39. The predicted molar refractivity (Wildman–Crippen MR) is 89.8 cm³/mol. The summed E-state index contributed by atoms with van der Waals surface area (Å²) in [6.07, 6.45) is 0. The van der Waals surface area contributed by atoms with Crippen molar-refractivity contribution in [3.63, 3.8) is 0 Å². The first-order chi connectivity index (χ1) is 11.2. The number of nitro benzene ring substituents is 1. The van der Waals surface area contributed by atoms with Gasteiger partial charge in [0.1, 0.15) is 0 Å². The molecule has 118 valence electrons. The Bertz CT molecular complexity index is 800. The number of aromatic nitrogens is 3. The van der Waals surface area contributed by atoms with Crippen LogP contribution >= 0.6 is 0 Å². The highest BCUT2D eigenvalue weighted by molar-refractivity contribution is 5.90. The SMILES string of the molecule is CC.CN(c1ccc([N+](=O)[O-])cc1)c1nnnc2ccccc12. The third-order valence-corrected chi connectivity index (χ3v) is 3.20. The van der Waals surface area contributed by atoms with Crippen molar-refractivity contribution in [2.45, 2.75) is 13.8 Å². The molecule has 3 aromatic rings. The number of nitrogens with zero attached hydrogens (tertiary/aromatic N) is 5. The molecule has 0 aliphatic rings. The topological polar surface area (TPSA) is 85.0 Å². The minimum Gasteiger partial charge on any atom is -0.327 e. The van der Waals surface area contributed by atoms with Crippen molar-refractivity contribution in [2.75, 3.05) is 11.9 Å². The molecular weight excluding hydrogens is 294 g/mol. The summed E-state index contributed by atoms with van der Waals surface area (Å²) in [7, 11) is 1.83. The first-order valence-electron chi connectivity index (χ1n) is 7.23. The molecule has 0 unspecified atom stereocenters. The van der Waals surface area contributed by atoms with Crippen LogP contribution in [0.25, 0.3) is 10.9 Å². The van der Waals surface area contributed by atoms with Gasteiger partial charge >= 0.3 is 0 Å². The van der Waals surface area contributed by atoms with E-state index in [0.717, 1.165) is 16.6 Å². The summed E-state index contributed by atoms with van der Waals surface area (Å²) >= 11 is 0. The molecule has 0 saturated carbocycles. The normalized spacial score (nSPS) is 9.87. The first-order valence-corrected chi connectivity index (χ1v) is 7.23. The molecule has 0 atom stereocenters. The van der Waals surface area contributed by atoms with Gasteiger partial charge in [0.2, 0.25) is 0 Å². The molecule has 0 aliphatic heterocycles. The molecule has 0 amide bonds. The number of fused-ring (bicyclic) bond motifs is 1. The molecule has 1 aromatic heterocycles. The van der Waals surface area contributed by atoms with Gasteiger partial charge < -0.3 is 4.90 Å². The van der Waals surface area contributed by atoms with Crippen LogP contribution in [0, 0.1) is 10.1 Å². The lowest BCUT2D eigenvalue weighted by Gasteiger charge is -2.18. The highest BCUT2D eigenvalue weighted by Crippen LogP contribution is 2.28. The van der Waals surface area contributed by atoms with E-state index in [0.29, 0.717) is 5.82 Å². The van der Waals surface area contributed by atoms with Crippen LogP contribution in [0.15, 0.2) is 48.5 Å². The lowest BCUT2D eigenvalue weighted by atomic mass is 10.2. The van der Waals surface area contributed by atoms with E-state index in [4.69, 9.17) is 0 Å². The average molecular weight is 311 g/mol. The highest BCUT2D eigenvalue weighted by atomic mass is 16.6. The highest BCUT2D eigenvalue weighted by Gasteiger charge is 2.12. The maximum absolute atomic E-state index is 10.7. The lowest BCUT2D eigenvalue weighted by molar-refractivity contribution is -0.384. The van der Waals surface area contributed by atoms with Crippen molar-refractivity contribution in [3.05, 3.63) is 58.6 Å². The fourth-order valence-electron chi connectivity index (χ4n) is 2.08. The van der Waals surface area contributed by atoms with Crippen molar-refractivity contribution >= 4 is 28.1 Å². The standard InChI is InChI=1S/C14H11N5O2.C2H6/c1-18(10-6-8-11(9-7-10)19(20)21)14-12-4-2-3-5-13(12)15-17-16-14;1-2/h2-9H,1H3;1-2H3. The monoisotopic (exact) mass is 311 g/mol. The zero-order valence-corrected chi connectivity index (χ0v) is 13.2. The Morgan fingerprint density at radius 3 is 2.30 bits per heavy atom. The lowest BCUT2D eigenvalue weighted by Crippen LogP contribution is -2.13. The van der Waals surface area contributed by atoms with Gasteiger partial charge in [-0.15, -0.1) is 10.2 Å². The number of benzene rings is 2. The van der Waals surface area contributed by atoms with Crippen LogP contribution in [-0.4, -0.2) is 27.4 Å². The van der Waals surface area contributed by atoms with E-state index in [1.165, 1.54) is 12.1 Å². The molecule has 0 N–H and O–H groups in total. The van der Waals surface area contributed by atoms with Crippen molar-refractivity contribution in [1.29, 1.82) is 0 Å². The maximum atomic E-state index is 10.7. The molecule has 3 rings (SSSR count). The third-order valence-electron chi connectivity index (χ3n) is 3.20. The van der Waals surface area contributed by atoms with Gasteiger partial charge in [-0.05, 0) is 29.5 Å². The van der Waals surface area contributed by atoms with E-state index in [1.54, 1.807) is 12.1 Å². The maximum Gasteiger partial charge on any atom is 0.269 e. The van der Waals surface area contributed by atoms with E-state index >= 15 is 0 Å². The van der Waals surface area contributed by atoms with Gasteiger partial charge in [0, 0.05) is 30.3 Å². The van der Waals surface area contributed by atoms with Crippen LogP contribution < -0.4 is 4.90 Å². The van der Waals surface area contributed by atoms with Gasteiger partial charge in [0.25, 0.3) is 5.69 Å². The number of hydrogen-bond acceptors (Lipinski definition) is 6. The summed E-state index contributed by atoms with van der Waals surface area (Å²) in [6.45, 7) is 4.00. The minimum atomic E-state index is -0.425. The molecule has 0 aliphatic carbocycles. The Morgan fingerprint density at radius 1 is 1.00 bits per heavy atom. The number of hydrogen-bond donors (Lipinski definition) is 0. The molecule has 2 aromatic carbocycles. The van der Waals surface area contributed by atoms with Crippen molar-refractivity contribution < 1.29 is 4.92 Å². The molecule has 0 fully saturated rings. The van der Waals surface area contributed by atoms with Crippen LogP contribution in [-0.2, 0) is 0 Å². The molecule has 0 saturated heterocycles. The molecular formula is C16H17N5O2. The molecule has 0 spiro atoms. The van der Waals surface area contributed by atoms with Gasteiger partial charge in [0.05, 0.1) is 10.4 Å². The molecule has 0 bridgehead atoms. The smallest absolute Gasteiger partial charge is 0.269 e. The molecule has 23 heavy (non-hydrogen) atoms. The second-order valence-corrected chi connectivity index (χ2v) is 4.46. The molecule has 0 radical (unpaired) electrons. The van der Waals surface area contributed by atoms with Crippen molar-refractivity contribution in [2.24, 2.45) is 0 Å². The van der Waals surface area contributed by atoms with E-state index in [1.807, 2.05) is 50.1 Å². The van der Waals surface area contributed by atoms with Crippen LogP contribution in [0.2, 0.25) is 0 Å². The summed E-state index contributed by atoms with van der Waals surface area (Å²) in [5.74, 6) is 0.648. The zero-order chi connectivity index (χ0) is 16.8. The second kappa shape index (κ2) is 7.26. The molecule has 7 nitrogen and oxygen atoms in total. The van der Waals surface area contributed by atoms with E-state index in [9.17, 15) is 10.1 Å². The van der Waals surface area contributed by atoms with Crippen molar-refractivity contribution in [3.8, 4) is 0 Å². The average Bonchev–Trinajstić information content (AvgIpc) is 2.62. The Kier molecular flexibility index (Phi) is 5.14. The van der Waals surface area contributed by atoms with Gasteiger partial charge in [-0.2, -0.15) is 0 Å². The van der Waals surface area contributed by atoms with Crippen LogP contribution in [0.3, 0.4) is 0 Å². The second-order valence-electron chi connectivity index (χ2n) is 4.46. The summed E-state index contributed by atoms with van der Waals surface area (Å²) in [6, 6.07) is 13.8. The zero-order valence-electron chi connectivity index (χ0n) is 13.2. The number of nitro groups is 1. The number of rotatable bonds is 3. The van der Waals surface area contributed by atoms with E-state index in [-0.39, 0.29) is 5.69 Å². The number of anilines is 2. The van der Waals surface area contributed by atoms with E-state index in [2.05, 4.69) is 15.4 Å². The molecule has 1 heterocycles. The fraction of sp³-hybridized carbons (Fsp3) is 0.188. The Balaban J connectivity index is 0.000000924. The van der Waals surface area contributed by atoms with Gasteiger partial charge in [-0.1, -0.05) is 26.0 Å². The molecule has 7 heteroatoms. The summed E-state index contributed by atoms with van der Waals surface area (Å²) in [5, 5.41) is 23.4. The first kappa shape index (κ1) is 16.3. The van der Waals surface area contributed by atoms with Gasteiger partial charge in [0.15, 0.2) is 5.82 Å². The Morgan fingerprint density at radius 2 is 1.65 bits per heavy atom. The summed E-state index contributed by atoms with van der Waals surface area (Å²) in [4.78, 5) is 12.1. The largest absolute Gasteiger partial charge is 0.327 e. The quantitative estimate of drug-likeness (QED) is 0.541. The van der Waals surface area contributed by atoms with Crippen molar-refractivity contribution in [1.82, 2.24) is 15.4 Å². The summed E-state index contributed by atoms with van der Waals surface area (Å²) < 4.78 is 0. The number of non-ortho nitro benzene ring substituents is 1. The Labute approximate surface area is 133 Å². The fourth-order valence-corrected chi connectivity index (χ4v) is 2.08. The van der Waals surface area contributed by atoms with E-state index < -0.39 is 4.92 Å². The van der Waals surface area contributed by atoms with Gasteiger partial charge in [-0.25, -0.2) is 0 Å². The van der Waals surface area contributed by atoms with Gasteiger partial charge in [-0.3, -0.25) is 10.1 Å². The minimum absolute atomic E-state index is 0.0535. The van der Waals surface area contributed by atoms with Crippen LogP contribution in [0.4, 0.5) is 17.2 Å². The summed E-state index contributed by atoms with van der Waals surface area (Å²) in [5.41, 5.74) is 1.58.